The van der Waals surface area contributed by atoms with Crippen molar-refractivity contribution in [3.05, 3.63) is 42.0 Å². The maximum absolute atomic E-state index is 5.41. The highest BCUT2D eigenvalue weighted by Gasteiger charge is 2.17. The predicted octanol–water partition coefficient (Wildman–Crippen LogP) is 4.29. The van der Waals surface area contributed by atoms with E-state index in [1.807, 2.05) is 29.6 Å². The van der Waals surface area contributed by atoms with Crippen LogP contribution < -0.4 is 14.8 Å². The normalized spacial score (nSPS) is 12.7. The summed E-state index contributed by atoms with van der Waals surface area (Å²) in [6.07, 6.45) is 3.53. The molecule has 0 fully saturated rings. The lowest BCUT2D eigenvalue weighted by atomic mass is 10.2. The van der Waals surface area contributed by atoms with E-state index in [1.165, 1.54) is 0 Å². The molecule has 8 heteroatoms. The molecule has 0 unspecified atom stereocenters. The first-order chi connectivity index (χ1) is 11.8. The fourth-order valence-electron chi connectivity index (χ4n) is 2.45. The van der Waals surface area contributed by atoms with Crippen LogP contribution >= 0.6 is 22.7 Å². The van der Waals surface area contributed by atoms with Gasteiger partial charge in [0.05, 0.1) is 15.9 Å². The maximum atomic E-state index is 5.41. The van der Waals surface area contributed by atoms with Gasteiger partial charge in [-0.05, 0) is 12.1 Å². The molecule has 0 aliphatic carbocycles. The van der Waals surface area contributed by atoms with E-state index >= 15 is 0 Å². The minimum absolute atomic E-state index is 0.272. The smallest absolute Gasteiger partial charge is 0.231 e. The van der Waals surface area contributed by atoms with E-state index in [0.29, 0.717) is 0 Å². The summed E-state index contributed by atoms with van der Waals surface area (Å²) in [4.78, 5) is 13.2. The second-order valence-electron chi connectivity index (χ2n) is 5.09. The van der Waals surface area contributed by atoms with Gasteiger partial charge in [-0.25, -0.2) is 9.97 Å². The Hall–Kier alpha value is -2.71. The van der Waals surface area contributed by atoms with E-state index in [0.717, 1.165) is 43.2 Å². The molecule has 1 aromatic carbocycles. The molecule has 4 aromatic rings. The quantitative estimate of drug-likeness (QED) is 0.592. The van der Waals surface area contributed by atoms with Crippen LogP contribution in [0.15, 0.2) is 42.0 Å². The van der Waals surface area contributed by atoms with Crippen LogP contribution in [0.1, 0.15) is 0 Å². The number of ether oxygens (including phenoxy) is 2. The molecule has 0 radical (unpaired) electrons. The number of hydrogen-bond acceptors (Lipinski definition) is 8. The fraction of sp³-hybridized carbons (Fsp3) is 0.0625. The van der Waals surface area contributed by atoms with Crippen LogP contribution in [-0.2, 0) is 0 Å². The van der Waals surface area contributed by atoms with Gasteiger partial charge in [0.2, 0.25) is 6.79 Å². The second-order valence-corrected chi connectivity index (χ2v) is 6.98. The summed E-state index contributed by atoms with van der Waals surface area (Å²) in [5.74, 6) is 1.51. The SMILES string of the molecule is c1cc(-c2csc(Nc3nc4cc5c(cc4s3)OCO5)n2)ccn1. The zero-order valence-corrected chi connectivity index (χ0v) is 13.9. The summed E-state index contributed by atoms with van der Waals surface area (Å²) in [5, 5.41) is 6.89. The molecule has 0 saturated heterocycles. The topological polar surface area (TPSA) is 69.2 Å². The molecule has 0 amide bonds. The zero-order chi connectivity index (χ0) is 15.9. The van der Waals surface area contributed by atoms with Gasteiger partial charge < -0.3 is 14.8 Å². The Labute approximate surface area is 144 Å². The van der Waals surface area contributed by atoms with Crippen LogP contribution in [0.3, 0.4) is 0 Å². The highest BCUT2D eigenvalue weighted by Crippen LogP contribution is 2.39. The number of nitrogens with one attached hydrogen (secondary N) is 1. The number of fused-ring (bicyclic) bond motifs is 2. The molecule has 0 saturated carbocycles. The summed E-state index contributed by atoms with van der Waals surface area (Å²) < 4.78 is 11.8. The Morgan fingerprint density at radius 2 is 1.83 bits per heavy atom. The summed E-state index contributed by atoms with van der Waals surface area (Å²) in [5.41, 5.74) is 2.86. The average Bonchev–Trinajstić information content (AvgIpc) is 3.32. The number of aromatic nitrogens is 3. The molecule has 4 heterocycles. The van der Waals surface area contributed by atoms with Crippen LogP contribution in [-0.4, -0.2) is 21.7 Å². The van der Waals surface area contributed by atoms with Crippen LogP contribution in [0.25, 0.3) is 21.5 Å². The summed E-state index contributed by atoms with van der Waals surface area (Å²) >= 11 is 3.11. The molecule has 3 aromatic heterocycles. The first-order valence-electron chi connectivity index (χ1n) is 7.18. The number of rotatable bonds is 3. The standard InChI is InChI=1S/C16H10N4O2S2/c1-3-17-4-2-9(1)11-7-23-15(19-11)20-16-18-10-5-12-13(22-8-21-12)6-14(10)24-16/h1-7H,8H2,(H,18,19,20). The van der Waals surface area contributed by atoms with Gasteiger partial charge in [-0.1, -0.05) is 11.3 Å². The van der Waals surface area contributed by atoms with Crippen molar-refractivity contribution in [1.29, 1.82) is 0 Å². The molecule has 0 atom stereocenters. The number of anilines is 2. The van der Waals surface area contributed by atoms with Crippen molar-refractivity contribution in [3.8, 4) is 22.8 Å². The molecule has 6 nitrogen and oxygen atoms in total. The highest BCUT2D eigenvalue weighted by atomic mass is 32.1. The largest absolute Gasteiger partial charge is 0.454 e. The van der Waals surface area contributed by atoms with Crippen molar-refractivity contribution in [2.45, 2.75) is 0 Å². The Balaban J connectivity index is 1.44. The second kappa shape index (κ2) is 5.43. The lowest BCUT2D eigenvalue weighted by Crippen LogP contribution is -1.92. The molecular weight excluding hydrogens is 344 g/mol. The van der Waals surface area contributed by atoms with Crippen molar-refractivity contribution in [1.82, 2.24) is 15.0 Å². The van der Waals surface area contributed by atoms with Crippen LogP contribution in [0.5, 0.6) is 11.5 Å². The van der Waals surface area contributed by atoms with Gasteiger partial charge in [0.25, 0.3) is 0 Å². The monoisotopic (exact) mass is 354 g/mol. The third kappa shape index (κ3) is 2.36. The van der Waals surface area contributed by atoms with Crippen molar-refractivity contribution >= 4 is 43.2 Å². The lowest BCUT2D eigenvalue weighted by molar-refractivity contribution is 0.174. The molecule has 0 bridgehead atoms. The number of pyridine rings is 1. The van der Waals surface area contributed by atoms with Gasteiger partial charge in [-0.3, -0.25) is 4.98 Å². The van der Waals surface area contributed by atoms with Gasteiger partial charge >= 0.3 is 0 Å². The van der Waals surface area contributed by atoms with E-state index in [4.69, 9.17) is 9.47 Å². The van der Waals surface area contributed by atoms with E-state index in [9.17, 15) is 0 Å². The van der Waals surface area contributed by atoms with Crippen LogP contribution in [0.4, 0.5) is 10.3 Å². The molecule has 24 heavy (non-hydrogen) atoms. The van der Waals surface area contributed by atoms with E-state index in [1.54, 1.807) is 35.1 Å². The molecule has 118 valence electrons. The maximum Gasteiger partial charge on any atom is 0.231 e. The molecule has 5 rings (SSSR count). The molecule has 1 aliphatic rings. The highest BCUT2D eigenvalue weighted by molar-refractivity contribution is 7.22. The molecular formula is C16H10N4O2S2. The van der Waals surface area contributed by atoms with E-state index in [2.05, 4.69) is 20.3 Å². The summed E-state index contributed by atoms with van der Waals surface area (Å²) in [7, 11) is 0. The first kappa shape index (κ1) is 13.7. The Bertz CT molecular complexity index is 988. The van der Waals surface area contributed by atoms with Crippen molar-refractivity contribution in [2.75, 3.05) is 12.1 Å². The number of thiazole rings is 2. The summed E-state index contributed by atoms with van der Waals surface area (Å²) in [6.45, 7) is 0.272. The number of benzene rings is 1. The minimum Gasteiger partial charge on any atom is -0.454 e. The minimum atomic E-state index is 0.272. The Morgan fingerprint density at radius 1 is 1.00 bits per heavy atom. The van der Waals surface area contributed by atoms with Crippen LogP contribution in [0, 0.1) is 0 Å². The lowest BCUT2D eigenvalue weighted by Gasteiger charge is -1.96. The molecule has 0 spiro atoms. The zero-order valence-electron chi connectivity index (χ0n) is 12.2. The van der Waals surface area contributed by atoms with E-state index in [-0.39, 0.29) is 6.79 Å². The first-order valence-corrected chi connectivity index (χ1v) is 8.88. The van der Waals surface area contributed by atoms with Gasteiger partial charge in [-0.2, -0.15) is 0 Å². The third-order valence-corrected chi connectivity index (χ3v) is 5.27. The van der Waals surface area contributed by atoms with Gasteiger partial charge in [-0.15, -0.1) is 11.3 Å². The fourth-order valence-corrected chi connectivity index (χ4v) is 4.11. The van der Waals surface area contributed by atoms with Crippen molar-refractivity contribution in [3.63, 3.8) is 0 Å². The number of nitrogens with zero attached hydrogens (tertiary/aromatic N) is 3. The molecule has 1 N–H and O–H groups in total. The number of hydrogen-bond donors (Lipinski definition) is 1. The third-order valence-electron chi connectivity index (χ3n) is 3.58. The average molecular weight is 354 g/mol. The van der Waals surface area contributed by atoms with Gasteiger partial charge in [0.15, 0.2) is 21.8 Å². The Kier molecular flexibility index (Phi) is 3.10. The van der Waals surface area contributed by atoms with Crippen molar-refractivity contribution in [2.24, 2.45) is 0 Å². The van der Waals surface area contributed by atoms with Crippen molar-refractivity contribution < 1.29 is 9.47 Å². The predicted molar refractivity (Wildman–Crippen MR) is 94.4 cm³/mol. The van der Waals surface area contributed by atoms with Crippen LogP contribution in [0.2, 0.25) is 0 Å². The van der Waals surface area contributed by atoms with Gasteiger partial charge in [0.1, 0.15) is 0 Å². The Morgan fingerprint density at radius 3 is 2.71 bits per heavy atom. The summed E-state index contributed by atoms with van der Waals surface area (Å²) in [6, 6.07) is 7.75. The van der Waals surface area contributed by atoms with E-state index < -0.39 is 0 Å². The van der Waals surface area contributed by atoms with Gasteiger partial charge in [0, 0.05) is 35.5 Å². The molecule has 1 aliphatic heterocycles.